The zero-order valence-corrected chi connectivity index (χ0v) is 17.8. The number of nitrogens with one attached hydrogen (secondary N) is 1. The number of halogens is 1. The number of nitrogens with zero attached hydrogens (tertiary/aromatic N) is 2. The van der Waals surface area contributed by atoms with Gasteiger partial charge < -0.3 is 9.84 Å². The van der Waals surface area contributed by atoms with E-state index in [0.29, 0.717) is 6.54 Å². The molecule has 1 aromatic heterocycles. The van der Waals surface area contributed by atoms with E-state index < -0.39 is 21.4 Å². The number of carbonyl (C=O) groups excluding carboxylic acids is 1. The summed E-state index contributed by atoms with van der Waals surface area (Å²) < 4.78 is 42.7. The van der Waals surface area contributed by atoms with E-state index in [2.05, 4.69) is 15.5 Å². The Bertz CT molecular complexity index is 1100. The summed E-state index contributed by atoms with van der Waals surface area (Å²) in [4.78, 5) is 17.2. The van der Waals surface area contributed by atoms with E-state index in [1.54, 1.807) is 11.8 Å². The van der Waals surface area contributed by atoms with Crippen molar-refractivity contribution >= 4 is 27.5 Å². The normalized spacial score (nSPS) is 11.4. The van der Waals surface area contributed by atoms with Gasteiger partial charge in [-0.05, 0) is 48.2 Å². The largest absolute Gasteiger partial charge is 0.352 e. The van der Waals surface area contributed by atoms with E-state index >= 15 is 0 Å². The third-order valence-electron chi connectivity index (χ3n) is 4.22. The maximum atomic E-state index is 13.0. The lowest BCUT2D eigenvalue weighted by Crippen LogP contribution is -2.23. The number of sulfone groups is 1. The maximum Gasteiger partial charge on any atom is 0.227 e. The van der Waals surface area contributed by atoms with Gasteiger partial charge in [0.05, 0.1) is 4.90 Å². The lowest BCUT2D eigenvalue weighted by atomic mass is 10.2. The summed E-state index contributed by atoms with van der Waals surface area (Å²) in [7, 11) is -3.72. The van der Waals surface area contributed by atoms with Crippen LogP contribution in [0.1, 0.15) is 23.7 Å². The number of amides is 1. The molecule has 0 saturated carbocycles. The Morgan fingerprint density at radius 2 is 1.83 bits per heavy atom. The minimum atomic E-state index is -3.72. The fourth-order valence-corrected chi connectivity index (χ4v) is 4.18. The highest BCUT2D eigenvalue weighted by molar-refractivity contribution is 7.98. The van der Waals surface area contributed by atoms with Crippen molar-refractivity contribution < 1.29 is 22.1 Å². The Labute approximate surface area is 178 Å². The predicted molar refractivity (Wildman–Crippen MR) is 110 cm³/mol. The van der Waals surface area contributed by atoms with Crippen LogP contribution in [0.2, 0.25) is 0 Å². The minimum Gasteiger partial charge on any atom is -0.352 e. The summed E-state index contributed by atoms with van der Waals surface area (Å²) in [5, 5.41) is 6.47. The van der Waals surface area contributed by atoms with Crippen molar-refractivity contribution in [1.82, 2.24) is 15.5 Å². The molecule has 0 unspecified atom stereocenters. The van der Waals surface area contributed by atoms with Gasteiger partial charge in [-0.1, -0.05) is 17.3 Å². The van der Waals surface area contributed by atoms with Crippen LogP contribution in [0.4, 0.5) is 4.39 Å². The van der Waals surface area contributed by atoms with Crippen LogP contribution in [-0.4, -0.2) is 30.7 Å². The van der Waals surface area contributed by atoms with Gasteiger partial charge in [0, 0.05) is 24.3 Å². The highest BCUT2D eigenvalue weighted by Gasteiger charge is 2.19. The number of carbonyl (C=O) groups is 1. The Morgan fingerprint density at radius 3 is 2.50 bits per heavy atom. The molecule has 0 atom stereocenters. The SMILES string of the molecule is CSc1ccc(CNC(=O)CCc2nc(CS(=O)(=O)c3ccc(F)cc3)no2)cc1. The van der Waals surface area contributed by atoms with E-state index in [0.717, 1.165) is 22.6 Å². The lowest BCUT2D eigenvalue weighted by molar-refractivity contribution is -0.121. The molecule has 0 aliphatic rings. The van der Waals surface area contributed by atoms with Crippen LogP contribution in [0.25, 0.3) is 0 Å². The van der Waals surface area contributed by atoms with Crippen LogP contribution in [0.3, 0.4) is 0 Å². The fraction of sp³-hybridized carbons (Fsp3) is 0.250. The molecule has 0 fully saturated rings. The van der Waals surface area contributed by atoms with Crippen LogP contribution in [0.5, 0.6) is 0 Å². The molecule has 30 heavy (non-hydrogen) atoms. The van der Waals surface area contributed by atoms with Gasteiger partial charge >= 0.3 is 0 Å². The molecule has 158 valence electrons. The topological polar surface area (TPSA) is 102 Å². The number of benzene rings is 2. The molecule has 0 aliphatic carbocycles. The molecule has 0 radical (unpaired) electrons. The molecule has 2 aromatic carbocycles. The summed E-state index contributed by atoms with van der Waals surface area (Å²) >= 11 is 1.65. The molecule has 0 bridgehead atoms. The van der Waals surface area contributed by atoms with Gasteiger partial charge in [-0.3, -0.25) is 4.79 Å². The van der Waals surface area contributed by atoms with E-state index in [1.807, 2.05) is 30.5 Å². The summed E-state index contributed by atoms with van der Waals surface area (Å²) in [6, 6.07) is 12.4. The Balaban J connectivity index is 1.48. The van der Waals surface area contributed by atoms with E-state index in [4.69, 9.17) is 4.52 Å². The van der Waals surface area contributed by atoms with Crippen LogP contribution in [0, 0.1) is 5.82 Å². The summed E-state index contributed by atoms with van der Waals surface area (Å²) in [6.45, 7) is 0.415. The van der Waals surface area contributed by atoms with Crippen LogP contribution in [0.15, 0.2) is 62.8 Å². The molecule has 0 aliphatic heterocycles. The van der Waals surface area contributed by atoms with Crippen molar-refractivity contribution in [2.75, 3.05) is 6.26 Å². The number of thioether (sulfide) groups is 1. The third-order valence-corrected chi connectivity index (χ3v) is 6.59. The second-order valence-corrected chi connectivity index (χ2v) is 9.31. The average Bonchev–Trinajstić information content (AvgIpc) is 3.18. The molecule has 3 aromatic rings. The van der Waals surface area contributed by atoms with Gasteiger partial charge in [0.2, 0.25) is 11.8 Å². The average molecular weight is 450 g/mol. The summed E-state index contributed by atoms with van der Waals surface area (Å²) in [5.41, 5.74) is 0.993. The Kier molecular flexibility index (Phi) is 7.22. The van der Waals surface area contributed by atoms with Gasteiger partial charge in [-0.25, -0.2) is 12.8 Å². The minimum absolute atomic E-state index is 0.0105. The molecule has 7 nitrogen and oxygen atoms in total. The zero-order valence-electron chi connectivity index (χ0n) is 16.2. The summed E-state index contributed by atoms with van der Waals surface area (Å²) in [6.07, 6.45) is 2.33. The molecular weight excluding hydrogens is 429 g/mol. The standard InChI is InChI=1S/C20H20FN3O4S2/c1-29-16-6-2-14(3-7-16)12-22-19(25)10-11-20-23-18(24-28-20)13-30(26,27)17-8-4-15(21)5-9-17/h2-9H,10-13H2,1H3,(H,22,25). The molecule has 0 spiro atoms. The number of hydrogen-bond acceptors (Lipinski definition) is 7. The first-order chi connectivity index (χ1) is 14.4. The molecule has 1 N–H and O–H groups in total. The number of aromatic nitrogens is 2. The van der Waals surface area contributed by atoms with Gasteiger partial charge in [-0.15, -0.1) is 11.8 Å². The molecule has 0 saturated heterocycles. The highest BCUT2D eigenvalue weighted by atomic mass is 32.2. The predicted octanol–water partition coefficient (Wildman–Crippen LogP) is 3.15. The second kappa shape index (κ2) is 9.86. The van der Waals surface area contributed by atoms with Crippen molar-refractivity contribution in [1.29, 1.82) is 0 Å². The number of aryl methyl sites for hydroxylation is 1. The molecule has 3 rings (SSSR count). The quantitative estimate of drug-likeness (QED) is 0.395. The van der Waals surface area contributed by atoms with Crippen molar-refractivity contribution in [3.05, 3.63) is 71.6 Å². The molecular formula is C20H20FN3O4S2. The van der Waals surface area contributed by atoms with Crippen molar-refractivity contribution in [2.45, 2.75) is 34.9 Å². The van der Waals surface area contributed by atoms with Crippen LogP contribution >= 0.6 is 11.8 Å². The number of rotatable bonds is 9. The lowest BCUT2D eigenvalue weighted by Gasteiger charge is -2.05. The molecule has 10 heteroatoms. The molecule has 1 heterocycles. The maximum absolute atomic E-state index is 13.0. The summed E-state index contributed by atoms with van der Waals surface area (Å²) in [5.74, 6) is -1.00. The van der Waals surface area contributed by atoms with Crippen molar-refractivity contribution in [3.63, 3.8) is 0 Å². The second-order valence-electron chi connectivity index (χ2n) is 6.44. The van der Waals surface area contributed by atoms with E-state index in [9.17, 15) is 17.6 Å². The molecule has 1 amide bonds. The zero-order chi connectivity index (χ0) is 21.6. The highest BCUT2D eigenvalue weighted by Crippen LogP contribution is 2.16. The van der Waals surface area contributed by atoms with Gasteiger partial charge in [0.25, 0.3) is 0 Å². The Morgan fingerprint density at radius 1 is 1.13 bits per heavy atom. The van der Waals surface area contributed by atoms with E-state index in [1.165, 1.54) is 12.1 Å². The third kappa shape index (κ3) is 6.14. The van der Waals surface area contributed by atoms with Gasteiger partial charge in [-0.2, -0.15) is 4.98 Å². The number of hydrogen-bond donors (Lipinski definition) is 1. The first kappa shape index (κ1) is 22.0. The van der Waals surface area contributed by atoms with Crippen molar-refractivity contribution in [3.8, 4) is 0 Å². The van der Waals surface area contributed by atoms with E-state index in [-0.39, 0.29) is 35.4 Å². The fourth-order valence-electron chi connectivity index (χ4n) is 2.60. The van der Waals surface area contributed by atoms with Gasteiger partial charge in [0.15, 0.2) is 15.7 Å². The Hall–Kier alpha value is -2.72. The van der Waals surface area contributed by atoms with Crippen LogP contribution < -0.4 is 5.32 Å². The smallest absolute Gasteiger partial charge is 0.227 e. The van der Waals surface area contributed by atoms with Crippen LogP contribution in [-0.2, 0) is 33.4 Å². The van der Waals surface area contributed by atoms with Crippen molar-refractivity contribution in [2.24, 2.45) is 0 Å². The first-order valence-corrected chi connectivity index (χ1v) is 11.9. The first-order valence-electron chi connectivity index (χ1n) is 9.05. The van der Waals surface area contributed by atoms with Gasteiger partial charge in [0.1, 0.15) is 11.6 Å². The monoisotopic (exact) mass is 449 g/mol.